The van der Waals surface area contributed by atoms with Crippen molar-refractivity contribution in [3.05, 3.63) is 35.9 Å². The minimum atomic E-state index is 0. The molecule has 0 spiro atoms. The molecule has 1 aromatic rings. The van der Waals surface area contributed by atoms with Crippen molar-refractivity contribution >= 4 is 0 Å². The first-order valence-corrected chi connectivity index (χ1v) is 29.7. The molecule has 0 aliphatic carbocycles. The summed E-state index contributed by atoms with van der Waals surface area (Å²) in [6, 6.07) is 11.7. The molecule has 0 radical (unpaired) electrons. The van der Waals surface area contributed by atoms with Gasteiger partial charge in [0.05, 0.1) is 19.6 Å². The monoisotopic (exact) mass is 900 g/mol. The molecule has 0 aliphatic rings. The van der Waals surface area contributed by atoms with E-state index in [0.717, 1.165) is 0 Å². The highest BCUT2D eigenvalue weighted by molar-refractivity contribution is 5.13. The molecule has 1 aromatic carbocycles. The molecule has 63 heavy (non-hydrogen) atoms. The molecule has 0 unspecified atom stereocenters. The summed E-state index contributed by atoms with van der Waals surface area (Å²) in [6.07, 6.45) is 70.1. The quantitative estimate of drug-likeness (QED) is 0.0451. The van der Waals surface area contributed by atoms with E-state index in [2.05, 4.69) is 51.1 Å². The van der Waals surface area contributed by atoms with Crippen LogP contribution in [0.4, 0.5) is 0 Å². The molecule has 1 nitrogen and oxygen atoms in total. The minimum absolute atomic E-state index is 0. The van der Waals surface area contributed by atoms with Crippen LogP contribution in [0.3, 0.4) is 0 Å². The van der Waals surface area contributed by atoms with Crippen LogP contribution in [0.5, 0.6) is 0 Å². The fourth-order valence-electron chi connectivity index (χ4n) is 10.5. The van der Waals surface area contributed by atoms with Crippen molar-refractivity contribution in [2.24, 2.45) is 0 Å². The van der Waals surface area contributed by atoms with Crippen LogP contribution in [0.1, 0.15) is 335 Å². The minimum Gasteiger partial charge on any atom is -1.00 e. The maximum atomic E-state index is 2.43. The highest BCUT2D eigenvalue weighted by Crippen LogP contribution is 2.24. The fourth-order valence-corrected chi connectivity index (χ4v) is 10.5. The number of halogens is 1. The Morgan fingerprint density at radius 1 is 0.238 bits per heavy atom. The Balaban J connectivity index is 0.0000384. The molecule has 0 bridgehead atoms. The van der Waals surface area contributed by atoms with E-state index < -0.39 is 0 Å². The second kappa shape index (κ2) is 52.4. The molecule has 0 atom stereocenters. The topological polar surface area (TPSA) is 0 Å². The first-order valence-electron chi connectivity index (χ1n) is 29.7. The average molecular weight is 901 g/mol. The van der Waals surface area contributed by atoms with Gasteiger partial charge < -0.3 is 16.9 Å². The molecule has 0 saturated carbocycles. The number of hydrogen-bond donors (Lipinski definition) is 0. The van der Waals surface area contributed by atoms with Crippen molar-refractivity contribution in [2.45, 2.75) is 336 Å². The van der Waals surface area contributed by atoms with Crippen LogP contribution in [-0.2, 0) is 6.54 Å². The van der Waals surface area contributed by atoms with E-state index in [0.29, 0.717) is 0 Å². The zero-order valence-corrected chi connectivity index (χ0v) is 44.7. The first kappa shape index (κ1) is 62.5. The maximum Gasteiger partial charge on any atom is 0.104 e. The number of benzene rings is 1. The summed E-state index contributed by atoms with van der Waals surface area (Å²) >= 11 is 0. The van der Waals surface area contributed by atoms with Gasteiger partial charge in [0.2, 0.25) is 0 Å². The van der Waals surface area contributed by atoms with Gasteiger partial charge in [-0.2, -0.15) is 0 Å². The molecular formula is C61H118ClN. The van der Waals surface area contributed by atoms with Crippen LogP contribution < -0.4 is 12.4 Å². The van der Waals surface area contributed by atoms with E-state index in [4.69, 9.17) is 0 Å². The van der Waals surface area contributed by atoms with Crippen molar-refractivity contribution in [1.29, 1.82) is 0 Å². The summed E-state index contributed by atoms with van der Waals surface area (Å²) in [4.78, 5) is 0. The van der Waals surface area contributed by atoms with E-state index in [1.165, 1.54) is 339 Å². The third-order valence-corrected chi connectivity index (χ3v) is 14.8. The molecule has 0 heterocycles. The largest absolute Gasteiger partial charge is 1.00 e. The van der Waals surface area contributed by atoms with Gasteiger partial charge in [0.15, 0.2) is 0 Å². The average Bonchev–Trinajstić information content (AvgIpc) is 3.29. The lowest BCUT2D eigenvalue weighted by Gasteiger charge is -2.39. The van der Waals surface area contributed by atoms with Gasteiger partial charge in [-0.3, -0.25) is 0 Å². The van der Waals surface area contributed by atoms with E-state index in [9.17, 15) is 0 Å². The van der Waals surface area contributed by atoms with E-state index in [1.807, 2.05) is 0 Å². The third kappa shape index (κ3) is 45.0. The second-order valence-corrected chi connectivity index (χ2v) is 21.1. The highest BCUT2D eigenvalue weighted by atomic mass is 35.5. The number of rotatable bonds is 53. The summed E-state index contributed by atoms with van der Waals surface area (Å²) in [5.74, 6) is 0. The van der Waals surface area contributed by atoms with E-state index in [1.54, 1.807) is 5.56 Å². The molecule has 0 saturated heterocycles. The zero-order chi connectivity index (χ0) is 44.4. The molecular weight excluding hydrogens is 782 g/mol. The number of hydrogen-bond acceptors (Lipinski definition) is 0. The van der Waals surface area contributed by atoms with Crippen molar-refractivity contribution in [3.63, 3.8) is 0 Å². The highest BCUT2D eigenvalue weighted by Gasteiger charge is 2.26. The van der Waals surface area contributed by atoms with Gasteiger partial charge >= 0.3 is 0 Å². The first-order chi connectivity index (χ1) is 30.8. The maximum absolute atomic E-state index is 2.43. The molecule has 0 fully saturated rings. The summed E-state index contributed by atoms with van der Waals surface area (Å²) in [5.41, 5.74) is 1.58. The smallest absolute Gasteiger partial charge is 0.104 e. The van der Waals surface area contributed by atoms with Gasteiger partial charge in [-0.15, -0.1) is 0 Å². The Bertz CT molecular complexity index is 857. The molecule has 374 valence electrons. The van der Waals surface area contributed by atoms with Crippen LogP contribution >= 0.6 is 0 Å². The predicted octanol–water partition coefficient (Wildman–Crippen LogP) is 18.8. The predicted molar refractivity (Wildman–Crippen MR) is 284 cm³/mol. The van der Waals surface area contributed by atoms with Gasteiger partial charge in [-0.1, -0.05) is 321 Å². The molecule has 0 amide bonds. The Kier molecular flexibility index (Phi) is 52.0. The van der Waals surface area contributed by atoms with Gasteiger partial charge in [-0.25, -0.2) is 0 Å². The normalized spacial score (nSPS) is 11.7. The van der Waals surface area contributed by atoms with Crippen LogP contribution in [0, 0.1) is 0 Å². The number of unbranched alkanes of at least 4 members (excludes halogenated alkanes) is 45. The van der Waals surface area contributed by atoms with Crippen molar-refractivity contribution in [1.82, 2.24) is 0 Å². The number of quaternary nitrogens is 1. The molecule has 1 rings (SSSR count). The Labute approximate surface area is 406 Å². The lowest BCUT2D eigenvalue weighted by Crippen LogP contribution is -3.00. The molecule has 0 aliphatic heterocycles. The van der Waals surface area contributed by atoms with Crippen molar-refractivity contribution in [2.75, 3.05) is 19.6 Å². The van der Waals surface area contributed by atoms with Crippen molar-refractivity contribution < 1.29 is 16.9 Å². The fraction of sp³-hybridized carbons (Fsp3) is 0.902. The van der Waals surface area contributed by atoms with Gasteiger partial charge in [-0.05, 0) is 38.5 Å². The molecule has 2 heteroatoms. The van der Waals surface area contributed by atoms with Crippen LogP contribution in [-0.4, -0.2) is 24.1 Å². The summed E-state index contributed by atoms with van der Waals surface area (Å²) in [6.45, 7) is 12.5. The number of nitrogens with zero attached hydrogens (tertiary/aromatic N) is 1. The van der Waals surface area contributed by atoms with Crippen LogP contribution in [0.25, 0.3) is 0 Å². The standard InChI is InChI=1S/C61H118N.ClH/c1-4-7-10-13-16-19-22-25-28-31-34-37-40-43-46-52-57-62(60-61-55-50-49-51-56-61,58-53-47-44-41-38-35-32-29-26-23-20-17-14-11-8-5-2)59-54-48-45-42-39-36-33-30-27-24-21-18-15-12-9-6-3;/h49-51,55-56H,4-48,52-54,57-60H2,1-3H3;1H/q+1;/p-1. The zero-order valence-electron chi connectivity index (χ0n) is 44.0. The van der Waals surface area contributed by atoms with Crippen LogP contribution in [0.15, 0.2) is 30.3 Å². The summed E-state index contributed by atoms with van der Waals surface area (Å²) in [5, 5.41) is 0. The lowest BCUT2D eigenvalue weighted by molar-refractivity contribution is -0.941. The second-order valence-electron chi connectivity index (χ2n) is 21.1. The molecule has 0 N–H and O–H groups in total. The van der Waals surface area contributed by atoms with Gasteiger partial charge in [0.1, 0.15) is 6.54 Å². The molecule has 0 aromatic heterocycles. The Hall–Kier alpha value is -0.530. The Morgan fingerprint density at radius 3 is 0.603 bits per heavy atom. The van der Waals surface area contributed by atoms with E-state index in [-0.39, 0.29) is 12.4 Å². The lowest BCUT2D eigenvalue weighted by atomic mass is 10.0. The van der Waals surface area contributed by atoms with Gasteiger partial charge in [0.25, 0.3) is 0 Å². The van der Waals surface area contributed by atoms with E-state index >= 15 is 0 Å². The Morgan fingerprint density at radius 2 is 0.413 bits per heavy atom. The summed E-state index contributed by atoms with van der Waals surface area (Å²) < 4.78 is 1.36. The third-order valence-electron chi connectivity index (χ3n) is 14.8. The van der Waals surface area contributed by atoms with Crippen LogP contribution in [0.2, 0.25) is 0 Å². The SMILES string of the molecule is CCCCCCCCCCCCCCCCCC[N+](CCCCCCCCCCCCCCCCCC)(CCCCCCCCCCCCCCCCCC)Cc1ccccc1.[Cl-]. The van der Waals surface area contributed by atoms with Crippen molar-refractivity contribution in [3.8, 4) is 0 Å². The van der Waals surface area contributed by atoms with Gasteiger partial charge in [0, 0.05) is 5.56 Å². The summed E-state index contributed by atoms with van der Waals surface area (Å²) in [7, 11) is 0.